The Balaban J connectivity index is 2.28. The lowest BCUT2D eigenvalue weighted by atomic mass is 9.81. The highest BCUT2D eigenvalue weighted by Crippen LogP contribution is 2.28. The monoisotopic (exact) mass is 212 g/mol. The highest BCUT2D eigenvalue weighted by Gasteiger charge is 2.26. The molecule has 0 aromatic heterocycles. The van der Waals surface area contributed by atoms with Crippen molar-refractivity contribution in [3.05, 3.63) is 12.2 Å². The quantitative estimate of drug-likeness (QED) is 0.574. The van der Waals surface area contributed by atoms with Crippen LogP contribution in [0.4, 0.5) is 0 Å². The molecular weight excluding hydrogens is 192 g/mol. The lowest BCUT2D eigenvalue weighted by Gasteiger charge is -2.30. The molecule has 3 atom stereocenters. The van der Waals surface area contributed by atoms with Crippen LogP contribution in [0.5, 0.6) is 0 Å². The van der Waals surface area contributed by atoms with Crippen molar-refractivity contribution in [1.82, 2.24) is 0 Å². The molecule has 0 amide bonds. The normalized spacial score (nSPS) is 31.0. The van der Waals surface area contributed by atoms with Crippen LogP contribution in [0.25, 0.3) is 0 Å². The summed E-state index contributed by atoms with van der Waals surface area (Å²) in [7, 11) is 0. The molecule has 0 bridgehead atoms. The van der Waals surface area contributed by atoms with Crippen molar-refractivity contribution in [3.63, 3.8) is 0 Å². The van der Waals surface area contributed by atoms with E-state index in [0.29, 0.717) is 24.0 Å². The van der Waals surface area contributed by atoms with Crippen molar-refractivity contribution in [2.45, 2.75) is 39.2 Å². The molecule has 0 radical (unpaired) electrons. The van der Waals surface area contributed by atoms with Gasteiger partial charge in [0.25, 0.3) is 0 Å². The third kappa shape index (κ3) is 3.67. The number of esters is 1. The SMILES string of the molecule is C=C(C)C(=O)OCC1CCC(C)C(O)C1. The van der Waals surface area contributed by atoms with Gasteiger partial charge in [-0.2, -0.15) is 0 Å². The minimum Gasteiger partial charge on any atom is -0.462 e. The molecular formula is C12H20O3. The molecule has 0 saturated heterocycles. The van der Waals surface area contributed by atoms with Gasteiger partial charge in [0.1, 0.15) is 0 Å². The van der Waals surface area contributed by atoms with Crippen LogP contribution in [-0.2, 0) is 9.53 Å². The van der Waals surface area contributed by atoms with Gasteiger partial charge in [-0.05, 0) is 38.0 Å². The molecule has 1 fully saturated rings. The number of ether oxygens (including phenoxy) is 1. The fourth-order valence-corrected chi connectivity index (χ4v) is 1.85. The Morgan fingerprint density at radius 3 is 2.73 bits per heavy atom. The standard InChI is InChI=1S/C12H20O3/c1-8(2)12(14)15-7-10-5-4-9(3)11(13)6-10/h9-11,13H,1,4-7H2,2-3H3. The summed E-state index contributed by atoms with van der Waals surface area (Å²) in [6.45, 7) is 7.63. The van der Waals surface area contributed by atoms with Crippen LogP contribution in [-0.4, -0.2) is 23.8 Å². The van der Waals surface area contributed by atoms with E-state index in [9.17, 15) is 9.90 Å². The zero-order valence-electron chi connectivity index (χ0n) is 9.53. The zero-order valence-corrected chi connectivity index (χ0v) is 9.53. The Kier molecular flexibility index (Phi) is 4.33. The summed E-state index contributed by atoms with van der Waals surface area (Å²) in [5.41, 5.74) is 0.430. The molecule has 1 saturated carbocycles. The van der Waals surface area contributed by atoms with E-state index in [1.54, 1.807) is 6.92 Å². The molecule has 0 heterocycles. The van der Waals surface area contributed by atoms with Crippen LogP contribution in [0.2, 0.25) is 0 Å². The molecule has 15 heavy (non-hydrogen) atoms. The van der Waals surface area contributed by atoms with Crippen LogP contribution in [0.15, 0.2) is 12.2 Å². The second kappa shape index (κ2) is 5.31. The van der Waals surface area contributed by atoms with Gasteiger partial charge in [-0.3, -0.25) is 0 Å². The minimum absolute atomic E-state index is 0.243. The summed E-state index contributed by atoms with van der Waals surface area (Å²) < 4.78 is 5.08. The molecule has 1 N–H and O–H groups in total. The summed E-state index contributed by atoms with van der Waals surface area (Å²) in [4.78, 5) is 11.1. The maximum atomic E-state index is 11.1. The average molecular weight is 212 g/mol. The third-order valence-corrected chi connectivity index (χ3v) is 3.06. The maximum absolute atomic E-state index is 11.1. The summed E-state index contributed by atoms with van der Waals surface area (Å²) in [6, 6.07) is 0. The Hall–Kier alpha value is -0.830. The predicted molar refractivity (Wildman–Crippen MR) is 58.3 cm³/mol. The first kappa shape index (κ1) is 12.2. The number of carbonyl (C=O) groups is 1. The van der Waals surface area contributed by atoms with E-state index in [4.69, 9.17) is 4.74 Å². The summed E-state index contributed by atoms with van der Waals surface area (Å²) in [6.07, 6.45) is 2.54. The number of rotatable bonds is 3. The highest BCUT2D eigenvalue weighted by molar-refractivity contribution is 5.86. The van der Waals surface area contributed by atoms with Crippen LogP contribution in [0.3, 0.4) is 0 Å². The lowest BCUT2D eigenvalue weighted by molar-refractivity contribution is -0.141. The van der Waals surface area contributed by atoms with E-state index >= 15 is 0 Å². The van der Waals surface area contributed by atoms with Crippen LogP contribution in [0.1, 0.15) is 33.1 Å². The van der Waals surface area contributed by atoms with Crippen LogP contribution in [0, 0.1) is 11.8 Å². The smallest absolute Gasteiger partial charge is 0.333 e. The number of carbonyl (C=O) groups excluding carboxylic acids is 1. The lowest BCUT2D eigenvalue weighted by Crippen LogP contribution is -2.30. The van der Waals surface area contributed by atoms with E-state index < -0.39 is 0 Å². The number of aliphatic hydroxyl groups is 1. The van der Waals surface area contributed by atoms with Crippen molar-refractivity contribution >= 4 is 5.97 Å². The second-order valence-electron chi connectivity index (χ2n) is 4.60. The molecule has 0 spiro atoms. The highest BCUT2D eigenvalue weighted by atomic mass is 16.5. The van der Waals surface area contributed by atoms with Gasteiger partial charge in [-0.1, -0.05) is 13.5 Å². The molecule has 0 aromatic rings. The molecule has 3 heteroatoms. The summed E-state index contributed by atoms with van der Waals surface area (Å²) in [5, 5.41) is 9.66. The molecule has 3 nitrogen and oxygen atoms in total. The Morgan fingerprint density at radius 1 is 1.53 bits per heavy atom. The molecule has 3 unspecified atom stereocenters. The Morgan fingerprint density at radius 2 is 2.20 bits per heavy atom. The number of hydrogen-bond donors (Lipinski definition) is 1. The molecule has 1 rings (SSSR count). The van der Waals surface area contributed by atoms with Gasteiger partial charge in [0.15, 0.2) is 0 Å². The van der Waals surface area contributed by atoms with Gasteiger partial charge < -0.3 is 9.84 Å². The van der Waals surface area contributed by atoms with E-state index in [0.717, 1.165) is 19.3 Å². The average Bonchev–Trinajstić information content (AvgIpc) is 2.19. The predicted octanol–water partition coefficient (Wildman–Crippen LogP) is 1.90. The van der Waals surface area contributed by atoms with Gasteiger partial charge in [0.05, 0.1) is 12.7 Å². The molecule has 1 aliphatic carbocycles. The van der Waals surface area contributed by atoms with Crippen molar-refractivity contribution in [1.29, 1.82) is 0 Å². The van der Waals surface area contributed by atoms with Crippen molar-refractivity contribution in [2.75, 3.05) is 6.61 Å². The van der Waals surface area contributed by atoms with E-state index in [-0.39, 0.29) is 12.1 Å². The van der Waals surface area contributed by atoms with Gasteiger partial charge in [0.2, 0.25) is 0 Å². The van der Waals surface area contributed by atoms with E-state index in [1.165, 1.54) is 0 Å². The topological polar surface area (TPSA) is 46.5 Å². The van der Waals surface area contributed by atoms with Crippen molar-refractivity contribution < 1.29 is 14.6 Å². The molecule has 0 aromatic carbocycles. The fraction of sp³-hybridized carbons (Fsp3) is 0.750. The molecule has 0 aliphatic heterocycles. The summed E-state index contributed by atoms with van der Waals surface area (Å²) in [5.74, 6) is 0.348. The van der Waals surface area contributed by atoms with Crippen LogP contribution >= 0.6 is 0 Å². The first-order valence-corrected chi connectivity index (χ1v) is 5.51. The van der Waals surface area contributed by atoms with Gasteiger partial charge in [0, 0.05) is 5.57 Å². The molecule has 86 valence electrons. The second-order valence-corrected chi connectivity index (χ2v) is 4.60. The Bertz CT molecular complexity index is 247. The Labute approximate surface area is 91.1 Å². The first-order chi connectivity index (χ1) is 7.00. The van der Waals surface area contributed by atoms with Crippen molar-refractivity contribution in [3.8, 4) is 0 Å². The first-order valence-electron chi connectivity index (χ1n) is 5.51. The number of aliphatic hydroxyl groups excluding tert-OH is 1. The minimum atomic E-state index is -0.330. The summed E-state index contributed by atoms with van der Waals surface area (Å²) >= 11 is 0. The zero-order chi connectivity index (χ0) is 11.4. The van der Waals surface area contributed by atoms with Gasteiger partial charge >= 0.3 is 5.97 Å². The van der Waals surface area contributed by atoms with E-state index in [2.05, 4.69) is 13.5 Å². The molecule has 1 aliphatic rings. The fourth-order valence-electron chi connectivity index (χ4n) is 1.85. The largest absolute Gasteiger partial charge is 0.462 e. The van der Waals surface area contributed by atoms with Gasteiger partial charge in [-0.15, -0.1) is 0 Å². The van der Waals surface area contributed by atoms with Gasteiger partial charge in [-0.25, -0.2) is 4.79 Å². The third-order valence-electron chi connectivity index (χ3n) is 3.06. The van der Waals surface area contributed by atoms with Crippen LogP contribution < -0.4 is 0 Å². The number of hydrogen-bond acceptors (Lipinski definition) is 3. The maximum Gasteiger partial charge on any atom is 0.333 e. The van der Waals surface area contributed by atoms with E-state index in [1.807, 2.05) is 0 Å². The van der Waals surface area contributed by atoms with Crippen molar-refractivity contribution in [2.24, 2.45) is 11.8 Å².